The van der Waals surface area contributed by atoms with Gasteiger partial charge in [0.25, 0.3) is 0 Å². The fourth-order valence-electron chi connectivity index (χ4n) is 0.733. The molecule has 112 valence electrons. The fourth-order valence-corrected chi connectivity index (χ4v) is 1.34. The fraction of sp³-hybridized carbons (Fsp3) is 0.667. The van der Waals surface area contributed by atoms with Gasteiger partial charge in [-0.2, -0.15) is 0 Å². The van der Waals surface area contributed by atoms with Gasteiger partial charge in [0.15, 0.2) is 12.7 Å². The topological polar surface area (TPSA) is 194 Å². The summed E-state index contributed by atoms with van der Waals surface area (Å²) in [4.78, 5) is 55.7. The lowest BCUT2D eigenvalue weighted by atomic mass is 10.2. The SMILES string of the molecule is N[C@@H](CC(=O)OCP(=O)(O)O)C(=O)OCP(=O)(O)O. The van der Waals surface area contributed by atoms with E-state index in [1.54, 1.807) is 0 Å². The minimum Gasteiger partial charge on any atom is -0.453 e. The van der Waals surface area contributed by atoms with Gasteiger partial charge in [-0.05, 0) is 0 Å². The summed E-state index contributed by atoms with van der Waals surface area (Å²) in [6.45, 7) is 0. The van der Waals surface area contributed by atoms with Crippen molar-refractivity contribution in [2.45, 2.75) is 12.5 Å². The van der Waals surface area contributed by atoms with Gasteiger partial charge in [-0.15, -0.1) is 0 Å². The minimum absolute atomic E-state index is 0.750. The first-order valence-electron chi connectivity index (χ1n) is 4.58. The van der Waals surface area contributed by atoms with Crippen molar-refractivity contribution >= 4 is 27.1 Å². The van der Waals surface area contributed by atoms with Crippen LogP contribution in [0.4, 0.5) is 0 Å². The first-order chi connectivity index (χ1) is 8.41. The molecule has 0 aliphatic rings. The molecule has 0 saturated carbocycles. The maximum atomic E-state index is 11.1. The zero-order valence-corrected chi connectivity index (χ0v) is 11.2. The van der Waals surface area contributed by atoms with Crippen molar-refractivity contribution in [2.75, 3.05) is 12.7 Å². The Kier molecular flexibility index (Phi) is 6.81. The summed E-state index contributed by atoms with van der Waals surface area (Å²) < 4.78 is 29.0. The molecule has 0 rings (SSSR count). The van der Waals surface area contributed by atoms with E-state index >= 15 is 0 Å². The van der Waals surface area contributed by atoms with E-state index in [0.717, 1.165) is 0 Å². The third kappa shape index (κ3) is 10.8. The van der Waals surface area contributed by atoms with E-state index in [1.165, 1.54) is 0 Å². The maximum Gasteiger partial charge on any atom is 0.362 e. The lowest BCUT2D eigenvalue weighted by molar-refractivity contribution is -0.150. The number of carbonyl (C=O) groups is 2. The van der Waals surface area contributed by atoms with Crippen molar-refractivity contribution in [3.8, 4) is 0 Å². The Morgan fingerprint density at radius 3 is 1.84 bits per heavy atom. The second-order valence-electron chi connectivity index (χ2n) is 3.38. The number of carbonyl (C=O) groups excluding carboxylic acids is 2. The molecule has 0 bridgehead atoms. The van der Waals surface area contributed by atoms with E-state index in [-0.39, 0.29) is 0 Å². The molecule has 0 spiro atoms. The molecule has 0 unspecified atom stereocenters. The van der Waals surface area contributed by atoms with Crippen LogP contribution < -0.4 is 5.73 Å². The van der Waals surface area contributed by atoms with Crippen molar-refractivity contribution in [1.29, 1.82) is 0 Å². The molecule has 0 aromatic carbocycles. The summed E-state index contributed by atoms with van der Waals surface area (Å²) in [6, 6.07) is -1.56. The molecular weight excluding hydrogens is 308 g/mol. The van der Waals surface area contributed by atoms with Crippen molar-refractivity contribution < 1.29 is 47.8 Å². The Morgan fingerprint density at radius 1 is 1.00 bits per heavy atom. The van der Waals surface area contributed by atoms with Crippen molar-refractivity contribution in [3.05, 3.63) is 0 Å². The molecule has 0 aliphatic carbocycles. The smallest absolute Gasteiger partial charge is 0.362 e. The summed E-state index contributed by atoms with van der Waals surface area (Å²) in [5.41, 5.74) is 5.16. The van der Waals surface area contributed by atoms with Crippen LogP contribution in [0.25, 0.3) is 0 Å². The number of nitrogens with two attached hydrogens (primary N) is 1. The largest absolute Gasteiger partial charge is 0.453 e. The molecule has 0 fully saturated rings. The highest BCUT2D eigenvalue weighted by Gasteiger charge is 2.24. The Bertz CT molecular complexity index is 424. The van der Waals surface area contributed by atoms with Crippen LogP contribution >= 0.6 is 15.2 Å². The lowest BCUT2D eigenvalue weighted by Crippen LogP contribution is -2.35. The molecule has 0 saturated heterocycles. The average Bonchev–Trinajstić information content (AvgIpc) is 2.21. The summed E-state index contributed by atoms with van der Waals surface area (Å²) in [6.07, 6.45) is -3.09. The van der Waals surface area contributed by atoms with Gasteiger partial charge in [0.05, 0.1) is 6.42 Å². The third-order valence-electron chi connectivity index (χ3n) is 1.46. The monoisotopic (exact) mass is 321 g/mol. The van der Waals surface area contributed by atoms with Gasteiger partial charge in [-0.1, -0.05) is 0 Å². The molecule has 11 nitrogen and oxygen atoms in total. The molecule has 0 amide bonds. The van der Waals surface area contributed by atoms with Crippen LogP contribution in [-0.2, 0) is 28.2 Å². The van der Waals surface area contributed by atoms with Crippen LogP contribution in [-0.4, -0.2) is 50.3 Å². The molecule has 19 heavy (non-hydrogen) atoms. The molecule has 0 aromatic heterocycles. The van der Waals surface area contributed by atoms with Gasteiger partial charge in [-0.3, -0.25) is 18.7 Å². The first-order valence-corrected chi connectivity index (χ1v) is 8.17. The quantitative estimate of drug-likeness (QED) is 0.258. The van der Waals surface area contributed by atoms with Crippen molar-refractivity contribution in [2.24, 2.45) is 5.73 Å². The zero-order chi connectivity index (χ0) is 15.3. The summed E-state index contributed by atoms with van der Waals surface area (Å²) in [7, 11) is -9.07. The zero-order valence-electron chi connectivity index (χ0n) is 9.41. The Hall–Kier alpha value is -0.800. The molecule has 6 N–H and O–H groups in total. The highest BCUT2D eigenvalue weighted by molar-refractivity contribution is 7.51. The number of rotatable bonds is 7. The minimum atomic E-state index is -4.55. The van der Waals surface area contributed by atoms with Crippen LogP contribution in [0.5, 0.6) is 0 Å². The predicted octanol–water partition coefficient (Wildman–Crippen LogP) is -1.94. The molecule has 13 heteroatoms. The molecular formula is C6H13NO10P2. The van der Waals surface area contributed by atoms with Crippen LogP contribution in [0.15, 0.2) is 0 Å². The van der Waals surface area contributed by atoms with E-state index in [9.17, 15) is 18.7 Å². The van der Waals surface area contributed by atoms with Crippen LogP contribution in [0.1, 0.15) is 6.42 Å². The third-order valence-corrected chi connectivity index (χ3v) is 2.39. The Labute approximate surface area is 107 Å². The molecule has 0 radical (unpaired) electrons. The molecule has 0 aromatic rings. The first kappa shape index (κ1) is 18.2. The van der Waals surface area contributed by atoms with E-state index < -0.39 is 52.3 Å². The Balaban J connectivity index is 4.12. The molecule has 0 heterocycles. The van der Waals surface area contributed by atoms with Gasteiger partial charge in [-0.25, -0.2) is 0 Å². The van der Waals surface area contributed by atoms with Crippen LogP contribution in [0, 0.1) is 0 Å². The maximum absolute atomic E-state index is 11.1. The average molecular weight is 321 g/mol. The van der Waals surface area contributed by atoms with E-state index in [1.807, 2.05) is 0 Å². The van der Waals surface area contributed by atoms with Crippen molar-refractivity contribution in [3.63, 3.8) is 0 Å². The van der Waals surface area contributed by atoms with Gasteiger partial charge in [0.2, 0.25) is 0 Å². The van der Waals surface area contributed by atoms with Crippen LogP contribution in [0.2, 0.25) is 0 Å². The van der Waals surface area contributed by atoms with Crippen LogP contribution in [0.3, 0.4) is 0 Å². The number of hydrogen-bond acceptors (Lipinski definition) is 7. The molecule has 1 atom stereocenters. The van der Waals surface area contributed by atoms with Crippen molar-refractivity contribution in [1.82, 2.24) is 0 Å². The van der Waals surface area contributed by atoms with E-state index in [2.05, 4.69) is 9.47 Å². The second-order valence-corrected chi connectivity index (χ2v) is 6.55. The van der Waals surface area contributed by atoms with Gasteiger partial charge >= 0.3 is 27.1 Å². The number of ether oxygens (including phenoxy) is 2. The van der Waals surface area contributed by atoms with E-state index in [0.29, 0.717) is 0 Å². The second kappa shape index (κ2) is 7.11. The highest BCUT2D eigenvalue weighted by atomic mass is 31.2. The predicted molar refractivity (Wildman–Crippen MR) is 58.6 cm³/mol. The van der Waals surface area contributed by atoms with E-state index in [4.69, 9.17) is 25.3 Å². The summed E-state index contributed by atoms with van der Waals surface area (Å²) in [5.74, 6) is -2.42. The molecule has 0 aliphatic heterocycles. The lowest BCUT2D eigenvalue weighted by Gasteiger charge is -2.12. The Morgan fingerprint density at radius 2 is 1.42 bits per heavy atom. The highest BCUT2D eigenvalue weighted by Crippen LogP contribution is 2.34. The normalized spacial score (nSPS) is 13.7. The summed E-state index contributed by atoms with van der Waals surface area (Å²) >= 11 is 0. The number of esters is 2. The van der Waals surface area contributed by atoms with Gasteiger partial charge in [0, 0.05) is 0 Å². The van der Waals surface area contributed by atoms with Gasteiger partial charge in [0.1, 0.15) is 6.04 Å². The number of hydrogen-bond donors (Lipinski definition) is 5. The summed E-state index contributed by atoms with van der Waals surface area (Å²) in [5, 5.41) is 0. The standard InChI is InChI=1S/C6H13NO10P2/c7-4(6(9)17-3-19(13,14)15)1-5(8)16-2-18(10,11)12/h4H,1-3,7H2,(H2,10,11,12)(H2,13,14,15)/t4-/m0/s1. The van der Waals surface area contributed by atoms with Gasteiger partial charge < -0.3 is 34.8 Å².